The fourth-order valence-corrected chi connectivity index (χ4v) is 1.67. The molecule has 82 valence electrons. The summed E-state index contributed by atoms with van der Waals surface area (Å²) in [6, 6.07) is 3.67. The molecule has 15 heavy (non-hydrogen) atoms. The van der Waals surface area contributed by atoms with E-state index in [4.69, 9.17) is 22.4 Å². The highest BCUT2D eigenvalue weighted by Crippen LogP contribution is 2.27. The summed E-state index contributed by atoms with van der Waals surface area (Å²) in [7, 11) is 0. The molecule has 0 aliphatic heterocycles. The van der Waals surface area contributed by atoms with Gasteiger partial charge in [-0.3, -0.25) is 4.79 Å². The molecule has 1 aromatic carbocycles. The number of benzene rings is 1. The minimum absolute atomic E-state index is 0.319. The summed E-state index contributed by atoms with van der Waals surface area (Å²) < 4.78 is 0. The lowest BCUT2D eigenvalue weighted by Crippen LogP contribution is -2.36. The van der Waals surface area contributed by atoms with Crippen LogP contribution >= 0.6 is 11.6 Å². The van der Waals surface area contributed by atoms with Crippen molar-refractivity contribution in [3.63, 3.8) is 0 Å². The van der Waals surface area contributed by atoms with Crippen molar-refractivity contribution in [1.82, 2.24) is 0 Å². The molecule has 5 heteroatoms. The Labute approximate surface area is 92.3 Å². The maximum atomic E-state index is 10.6. The van der Waals surface area contributed by atoms with Gasteiger partial charge in [0.15, 0.2) is 0 Å². The standard InChI is InChI=1S/C10H12ClNO3/c1-5-3-2-4-6(11)7(5)9(13)8(12)10(14)15/h2-4,8-9,13H,12H2,1H3,(H,14,15). The molecule has 0 heterocycles. The Hall–Kier alpha value is -1.10. The van der Waals surface area contributed by atoms with E-state index in [0.717, 1.165) is 0 Å². The summed E-state index contributed by atoms with van der Waals surface area (Å²) in [4.78, 5) is 10.6. The molecule has 0 aliphatic rings. The van der Waals surface area contributed by atoms with E-state index in [-0.39, 0.29) is 0 Å². The second-order valence-electron chi connectivity index (χ2n) is 3.28. The Morgan fingerprint density at radius 2 is 2.13 bits per heavy atom. The number of hydrogen-bond donors (Lipinski definition) is 3. The van der Waals surface area contributed by atoms with Crippen LogP contribution in [0.3, 0.4) is 0 Å². The number of aliphatic hydroxyl groups is 1. The monoisotopic (exact) mass is 229 g/mol. The fourth-order valence-electron chi connectivity index (χ4n) is 1.33. The molecule has 0 saturated carbocycles. The van der Waals surface area contributed by atoms with Gasteiger partial charge in [-0.25, -0.2) is 0 Å². The quantitative estimate of drug-likeness (QED) is 0.725. The predicted molar refractivity (Wildman–Crippen MR) is 56.8 cm³/mol. The Balaban J connectivity index is 3.10. The molecule has 0 radical (unpaired) electrons. The number of rotatable bonds is 3. The Kier molecular flexibility index (Phi) is 3.68. The molecule has 0 aromatic heterocycles. The van der Waals surface area contributed by atoms with Crippen molar-refractivity contribution in [2.24, 2.45) is 5.73 Å². The predicted octanol–water partition coefficient (Wildman–Crippen LogP) is 1.09. The fraction of sp³-hybridized carbons (Fsp3) is 0.300. The Morgan fingerprint density at radius 1 is 1.53 bits per heavy atom. The molecule has 0 bridgehead atoms. The number of carbonyl (C=O) groups is 1. The van der Waals surface area contributed by atoms with Crippen molar-refractivity contribution in [2.75, 3.05) is 0 Å². The zero-order valence-corrected chi connectivity index (χ0v) is 8.90. The van der Waals surface area contributed by atoms with Gasteiger partial charge >= 0.3 is 5.97 Å². The minimum Gasteiger partial charge on any atom is -0.480 e. The number of halogens is 1. The van der Waals surface area contributed by atoms with E-state index in [2.05, 4.69) is 0 Å². The van der Waals surface area contributed by atoms with Gasteiger partial charge < -0.3 is 15.9 Å². The third-order valence-corrected chi connectivity index (χ3v) is 2.52. The highest BCUT2D eigenvalue weighted by Gasteiger charge is 2.26. The number of nitrogens with two attached hydrogens (primary N) is 1. The zero-order valence-electron chi connectivity index (χ0n) is 8.14. The van der Waals surface area contributed by atoms with E-state index < -0.39 is 18.1 Å². The van der Waals surface area contributed by atoms with Gasteiger partial charge in [0.2, 0.25) is 0 Å². The number of aliphatic hydroxyl groups excluding tert-OH is 1. The molecule has 2 atom stereocenters. The maximum absolute atomic E-state index is 10.6. The molecule has 1 aromatic rings. The molecule has 2 unspecified atom stereocenters. The van der Waals surface area contributed by atoms with Gasteiger partial charge in [0.05, 0.1) is 0 Å². The first-order valence-corrected chi connectivity index (χ1v) is 4.74. The van der Waals surface area contributed by atoms with Crippen molar-refractivity contribution < 1.29 is 15.0 Å². The first kappa shape index (κ1) is 12.0. The zero-order chi connectivity index (χ0) is 11.6. The van der Waals surface area contributed by atoms with Crippen LogP contribution in [0.25, 0.3) is 0 Å². The summed E-state index contributed by atoms with van der Waals surface area (Å²) in [6.45, 7) is 1.74. The van der Waals surface area contributed by atoms with Crippen LogP contribution in [-0.4, -0.2) is 22.2 Å². The normalized spacial score (nSPS) is 14.7. The van der Waals surface area contributed by atoms with Crippen molar-refractivity contribution >= 4 is 17.6 Å². The van der Waals surface area contributed by atoms with Crippen LogP contribution in [0, 0.1) is 6.92 Å². The smallest absolute Gasteiger partial charge is 0.323 e. The highest BCUT2D eigenvalue weighted by atomic mass is 35.5. The van der Waals surface area contributed by atoms with E-state index >= 15 is 0 Å². The summed E-state index contributed by atoms with van der Waals surface area (Å²) in [6.07, 6.45) is -1.30. The Morgan fingerprint density at radius 3 is 2.60 bits per heavy atom. The van der Waals surface area contributed by atoms with Crippen LogP contribution in [0.4, 0.5) is 0 Å². The van der Waals surface area contributed by atoms with Gasteiger partial charge in [0.25, 0.3) is 0 Å². The maximum Gasteiger partial charge on any atom is 0.323 e. The largest absolute Gasteiger partial charge is 0.480 e. The van der Waals surface area contributed by atoms with Crippen LogP contribution in [0.1, 0.15) is 17.2 Å². The van der Waals surface area contributed by atoms with Crippen molar-refractivity contribution in [1.29, 1.82) is 0 Å². The second kappa shape index (κ2) is 4.61. The molecule has 0 saturated heterocycles. The minimum atomic E-state index is -1.37. The van der Waals surface area contributed by atoms with Gasteiger partial charge in [0.1, 0.15) is 12.1 Å². The average Bonchev–Trinajstić information content (AvgIpc) is 2.15. The topological polar surface area (TPSA) is 83.5 Å². The molecule has 0 fully saturated rings. The number of carboxylic acid groups (broad SMARTS) is 1. The van der Waals surface area contributed by atoms with Gasteiger partial charge in [-0.1, -0.05) is 23.7 Å². The van der Waals surface area contributed by atoms with Crippen molar-refractivity contribution in [3.05, 3.63) is 34.3 Å². The van der Waals surface area contributed by atoms with Crippen molar-refractivity contribution in [3.8, 4) is 0 Å². The third-order valence-electron chi connectivity index (χ3n) is 2.19. The number of hydrogen-bond acceptors (Lipinski definition) is 3. The van der Waals surface area contributed by atoms with Crippen LogP contribution in [0.2, 0.25) is 5.02 Å². The van der Waals surface area contributed by atoms with Gasteiger partial charge in [0, 0.05) is 10.6 Å². The SMILES string of the molecule is Cc1cccc(Cl)c1C(O)C(N)C(=O)O. The van der Waals surface area contributed by atoms with E-state index in [0.29, 0.717) is 16.1 Å². The number of aryl methyl sites for hydroxylation is 1. The summed E-state index contributed by atoms with van der Waals surface area (Å²) in [5.74, 6) is -1.26. The van der Waals surface area contributed by atoms with Gasteiger partial charge in [-0.05, 0) is 18.6 Å². The first-order chi connectivity index (χ1) is 6.95. The van der Waals surface area contributed by atoms with Crippen molar-refractivity contribution in [2.45, 2.75) is 19.1 Å². The summed E-state index contributed by atoms with van der Waals surface area (Å²) >= 11 is 5.86. The van der Waals surface area contributed by atoms with Crippen LogP contribution in [0.15, 0.2) is 18.2 Å². The van der Waals surface area contributed by atoms with Gasteiger partial charge in [-0.2, -0.15) is 0 Å². The summed E-state index contributed by atoms with van der Waals surface area (Å²) in [5, 5.41) is 18.7. The second-order valence-corrected chi connectivity index (χ2v) is 3.69. The molecular formula is C10H12ClNO3. The first-order valence-electron chi connectivity index (χ1n) is 4.36. The molecule has 0 aliphatic carbocycles. The lowest BCUT2D eigenvalue weighted by Gasteiger charge is -2.18. The molecule has 0 spiro atoms. The Bertz CT molecular complexity index is 361. The molecule has 1 rings (SSSR count). The molecule has 4 N–H and O–H groups in total. The molecular weight excluding hydrogens is 218 g/mol. The van der Waals surface area contributed by atoms with Crippen LogP contribution in [-0.2, 0) is 4.79 Å². The van der Waals surface area contributed by atoms with E-state index in [1.165, 1.54) is 0 Å². The third kappa shape index (κ3) is 2.47. The molecule has 4 nitrogen and oxygen atoms in total. The molecule has 0 amide bonds. The van der Waals surface area contributed by atoms with E-state index in [9.17, 15) is 9.90 Å². The van der Waals surface area contributed by atoms with Crippen LogP contribution in [0.5, 0.6) is 0 Å². The van der Waals surface area contributed by atoms with Crippen LogP contribution < -0.4 is 5.73 Å². The number of carboxylic acids is 1. The summed E-state index contributed by atoms with van der Waals surface area (Å²) in [5.41, 5.74) is 6.41. The van der Waals surface area contributed by atoms with E-state index in [1.807, 2.05) is 0 Å². The number of aliphatic carboxylic acids is 1. The van der Waals surface area contributed by atoms with E-state index in [1.54, 1.807) is 25.1 Å². The lowest BCUT2D eigenvalue weighted by molar-refractivity contribution is -0.141. The average molecular weight is 230 g/mol. The highest BCUT2D eigenvalue weighted by molar-refractivity contribution is 6.31. The van der Waals surface area contributed by atoms with Gasteiger partial charge in [-0.15, -0.1) is 0 Å². The lowest BCUT2D eigenvalue weighted by atomic mass is 9.98.